The van der Waals surface area contributed by atoms with Gasteiger partial charge in [-0.25, -0.2) is 0 Å². The Kier molecular flexibility index (Phi) is 6.01. The number of carbonyl (C=O) groups is 1. The molecule has 2 aromatic rings. The van der Waals surface area contributed by atoms with E-state index in [1.165, 1.54) is 19.3 Å². The van der Waals surface area contributed by atoms with Crippen molar-refractivity contribution in [3.8, 4) is 5.75 Å². The van der Waals surface area contributed by atoms with Gasteiger partial charge in [0.2, 0.25) is 0 Å². The third-order valence-electron chi connectivity index (χ3n) is 3.53. The highest BCUT2D eigenvalue weighted by molar-refractivity contribution is 6.09. The molecule has 0 bridgehead atoms. The van der Waals surface area contributed by atoms with Crippen LogP contribution >= 0.6 is 0 Å². The Morgan fingerprint density at radius 1 is 1.00 bits per heavy atom. The summed E-state index contributed by atoms with van der Waals surface area (Å²) >= 11 is 0. The number of ketones is 1. The van der Waals surface area contributed by atoms with Gasteiger partial charge in [-0.2, -0.15) is 0 Å². The van der Waals surface area contributed by atoms with Crippen molar-refractivity contribution < 1.29 is 9.53 Å². The SMILES string of the molecule is CCCCCCOc1ccc(C(=O)c2cccc(N)c2)cc1. The Hall–Kier alpha value is -2.29. The molecular weight excluding hydrogens is 274 g/mol. The molecule has 0 aliphatic carbocycles. The summed E-state index contributed by atoms with van der Waals surface area (Å²) in [6.07, 6.45) is 4.73. The Labute approximate surface area is 132 Å². The molecule has 0 saturated heterocycles. The van der Waals surface area contributed by atoms with E-state index < -0.39 is 0 Å². The van der Waals surface area contributed by atoms with Gasteiger partial charge in [0, 0.05) is 16.8 Å². The van der Waals surface area contributed by atoms with Gasteiger partial charge in [0.05, 0.1) is 6.61 Å². The van der Waals surface area contributed by atoms with Crippen LogP contribution in [-0.2, 0) is 0 Å². The van der Waals surface area contributed by atoms with E-state index in [1.807, 2.05) is 12.1 Å². The van der Waals surface area contributed by atoms with Crippen LogP contribution in [0.25, 0.3) is 0 Å². The predicted octanol–water partition coefficient (Wildman–Crippen LogP) is 4.46. The topological polar surface area (TPSA) is 52.3 Å². The van der Waals surface area contributed by atoms with Gasteiger partial charge in [0.1, 0.15) is 5.75 Å². The van der Waals surface area contributed by atoms with Crippen molar-refractivity contribution in [3.63, 3.8) is 0 Å². The molecule has 0 fully saturated rings. The van der Waals surface area contributed by atoms with Crippen molar-refractivity contribution in [1.82, 2.24) is 0 Å². The van der Waals surface area contributed by atoms with Crippen LogP contribution in [0.5, 0.6) is 5.75 Å². The van der Waals surface area contributed by atoms with E-state index in [0.29, 0.717) is 16.8 Å². The lowest BCUT2D eigenvalue weighted by Crippen LogP contribution is -2.02. The van der Waals surface area contributed by atoms with Crippen molar-refractivity contribution in [3.05, 3.63) is 59.7 Å². The van der Waals surface area contributed by atoms with Crippen LogP contribution in [0.4, 0.5) is 5.69 Å². The van der Waals surface area contributed by atoms with E-state index in [2.05, 4.69) is 6.92 Å². The van der Waals surface area contributed by atoms with Gasteiger partial charge in [0.25, 0.3) is 0 Å². The van der Waals surface area contributed by atoms with Gasteiger partial charge in [-0.15, -0.1) is 0 Å². The number of hydrogen-bond acceptors (Lipinski definition) is 3. The van der Waals surface area contributed by atoms with E-state index in [4.69, 9.17) is 10.5 Å². The van der Waals surface area contributed by atoms with Gasteiger partial charge in [-0.3, -0.25) is 4.79 Å². The largest absolute Gasteiger partial charge is 0.494 e. The lowest BCUT2D eigenvalue weighted by molar-refractivity contribution is 0.103. The second-order valence-corrected chi connectivity index (χ2v) is 5.39. The Bertz CT molecular complexity index is 605. The summed E-state index contributed by atoms with van der Waals surface area (Å²) in [4.78, 5) is 12.3. The molecule has 2 N–H and O–H groups in total. The molecule has 0 atom stereocenters. The number of benzene rings is 2. The minimum absolute atomic E-state index is 0.0261. The van der Waals surface area contributed by atoms with Gasteiger partial charge in [-0.1, -0.05) is 38.3 Å². The minimum Gasteiger partial charge on any atom is -0.494 e. The molecule has 0 spiro atoms. The Balaban J connectivity index is 1.92. The maximum Gasteiger partial charge on any atom is 0.193 e. The number of ether oxygens (including phenoxy) is 1. The summed E-state index contributed by atoms with van der Waals surface area (Å²) in [5.74, 6) is 0.780. The summed E-state index contributed by atoms with van der Waals surface area (Å²) in [5, 5.41) is 0. The molecule has 0 radical (unpaired) electrons. The van der Waals surface area contributed by atoms with Crippen molar-refractivity contribution >= 4 is 11.5 Å². The average molecular weight is 297 g/mol. The van der Waals surface area contributed by atoms with E-state index >= 15 is 0 Å². The monoisotopic (exact) mass is 297 g/mol. The third kappa shape index (κ3) is 4.62. The zero-order chi connectivity index (χ0) is 15.8. The Morgan fingerprint density at radius 2 is 1.77 bits per heavy atom. The summed E-state index contributed by atoms with van der Waals surface area (Å²) in [7, 11) is 0. The van der Waals surface area contributed by atoms with Crippen LogP contribution in [-0.4, -0.2) is 12.4 Å². The second kappa shape index (κ2) is 8.23. The first kappa shape index (κ1) is 16.1. The standard InChI is InChI=1S/C19H23NO2/c1-2-3-4-5-13-22-18-11-9-15(10-12-18)19(21)16-7-6-8-17(20)14-16/h6-12,14H,2-5,13,20H2,1H3. The molecule has 0 aromatic heterocycles. The fourth-order valence-electron chi connectivity index (χ4n) is 2.27. The summed E-state index contributed by atoms with van der Waals surface area (Å²) in [5.41, 5.74) is 7.56. The minimum atomic E-state index is -0.0261. The average Bonchev–Trinajstić information content (AvgIpc) is 2.54. The first-order chi connectivity index (χ1) is 10.7. The first-order valence-electron chi connectivity index (χ1n) is 7.84. The molecule has 2 aromatic carbocycles. The number of nitrogen functional groups attached to an aromatic ring is 1. The third-order valence-corrected chi connectivity index (χ3v) is 3.53. The van der Waals surface area contributed by atoms with Crippen molar-refractivity contribution in [1.29, 1.82) is 0 Å². The van der Waals surface area contributed by atoms with Crippen LogP contribution < -0.4 is 10.5 Å². The molecule has 0 saturated carbocycles. The zero-order valence-corrected chi connectivity index (χ0v) is 13.0. The fraction of sp³-hybridized carbons (Fsp3) is 0.316. The maximum atomic E-state index is 12.3. The fourth-order valence-corrected chi connectivity index (χ4v) is 2.27. The van der Waals surface area contributed by atoms with Gasteiger partial charge < -0.3 is 10.5 Å². The molecular formula is C19H23NO2. The van der Waals surface area contributed by atoms with Gasteiger partial charge >= 0.3 is 0 Å². The van der Waals surface area contributed by atoms with Crippen LogP contribution in [0.15, 0.2) is 48.5 Å². The highest BCUT2D eigenvalue weighted by Gasteiger charge is 2.09. The lowest BCUT2D eigenvalue weighted by atomic mass is 10.0. The summed E-state index contributed by atoms with van der Waals surface area (Å²) in [6.45, 7) is 2.92. The second-order valence-electron chi connectivity index (χ2n) is 5.39. The summed E-state index contributed by atoms with van der Waals surface area (Å²) < 4.78 is 5.68. The normalized spacial score (nSPS) is 10.4. The molecule has 2 rings (SSSR count). The van der Waals surface area contributed by atoms with Crippen molar-refractivity contribution in [2.75, 3.05) is 12.3 Å². The van der Waals surface area contributed by atoms with Crippen LogP contribution in [0.1, 0.15) is 48.5 Å². The molecule has 0 aliphatic rings. The number of carbonyl (C=O) groups excluding carboxylic acids is 1. The van der Waals surface area contributed by atoms with E-state index in [1.54, 1.807) is 36.4 Å². The smallest absolute Gasteiger partial charge is 0.193 e. The molecule has 3 nitrogen and oxygen atoms in total. The van der Waals surface area contributed by atoms with E-state index in [0.717, 1.165) is 18.8 Å². The number of anilines is 1. The first-order valence-corrected chi connectivity index (χ1v) is 7.84. The van der Waals surface area contributed by atoms with Gasteiger partial charge in [0.15, 0.2) is 5.78 Å². The molecule has 0 aliphatic heterocycles. The van der Waals surface area contributed by atoms with Crippen LogP contribution in [0.2, 0.25) is 0 Å². The predicted molar refractivity (Wildman–Crippen MR) is 90.4 cm³/mol. The number of hydrogen-bond donors (Lipinski definition) is 1. The molecule has 3 heteroatoms. The van der Waals surface area contributed by atoms with Crippen molar-refractivity contribution in [2.45, 2.75) is 32.6 Å². The highest BCUT2D eigenvalue weighted by Crippen LogP contribution is 2.17. The maximum absolute atomic E-state index is 12.3. The number of nitrogens with two attached hydrogens (primary N) is 1. The number of rotatable bonds is 8. The van der Waals surface area contributed by atoms with Crippen LogP contribution in [0.3, 0.4) is 0 Å². The zero-order valence-electron chi connectivity index (χ0n) is 13.0. The Morgan fingerprint density at radius 3 is 2.45 bits per heavy atom. The molecule has 0 heterocycles. The van der Waals surface area contributed by atoms with Gasteiger partial charge in [-0.05, 0) is 42.8 Å². The van der Waals surface area contributed by atoms with Crippen molar-refractivity contribution in [2.24, 2.45) is 0 Å². The van der Waals surface area contributed by atoms with E-state index in [-0.39, 0.29) is 5.78 Å². The summed E-state index contributed by atoms with van der Waals surface area (Å²) in [6, 6.07) is 14.3. The molecule has 0 unspecified atom stereocenters. The quantitative estimate of drug-likeness (QED) is 0.444. The molecule has 116 valence electrons. The van der Waals surface area contributed by atoms with E-state index in [9.17, 15) is 4.79 Å². The lowest BCUT2D eigenvalue weighted by Gasteiger charge is -2.07. The highest BCUT2D eigenvalue weighted by atomic mass is 16.5. The van der Waals surface area contributed by atoms with Crippen LogP contribution in [0, 0.1) is 0 Å². The molecule has 0 amide bonds. The number of unbranched alkanes of at least 4 members (excludes halogenated alkanes) is 3. The molecule has 22 heavy (non-hydrogen) atoms.